The number of carbonyl (C=O) groups excluding carboxylic acids is 3. The van der Waals surface area contributed by atoms with Gasteiger partial charge in [0, 0.05) is 19.6 Å². The second-order valence-corrected chi connectivity index (χ2v) is 7.97. The summed E-state index contributed by atoms with van der Waals surface area (Å²) in [6.07, 6.45) is 4.17. The number of hydrogen-bond acceptors (Lipinski definition) is 4. The molecule has 2 saturated heterocycles. The Morgan fingerprint density at radius 2 is 1.86 bits per heavy atom. The minimum atomic E-state index is -0.442. The van der Waals surface area contributed by atoms with Crippen LogP contribution >= 0.6 is 0 Å². The molecule has 0 unspecified atom stereocenters. The standard InChI is InChI=1S/C21H28N4O3/c1-2-7-17-19(26)25(21(28)22-17)14-24-13-16-9-4-3-8-15(16)12-18(24)20(27)23-10-5-6-11-23/h3-4,8-9,17-18H,2,5-7,10-14H2,1H3,(H,22,28)/t17-,18+/m0/s1. The number of likely N-dealkylation sites (tertiary alicyclic amines) is 1. The third kappa shape index (κ3) is 3.51. The lowest BCUT2D eigenvalue weighted by atomic mass is 9.93. The number of nitrogens with zero attached hydrogens (tertiary/aromatic N) is 3. The van der Waals surface area contributed by atoms with Gasteiger partial charge in [-0.05, 0) is 36.8 Å². The highest BCUT2D eigenvalue weighted by molar-refractivity contribution is 6.04. The van der Waals surface area contributed by atoms with Gasteiger partial charge in [-0.15, -0.1) is 0 Å². The molecular formula is C21H28N4O3. The van der Waals surface area contributed by atoms with Crippen LogP contribution in [0.5, 0.6) is 0 Å². The van der Waals surface area contributed by atoms with Gasteiger partial charge < -0.3 is 10.2 Å². The molecule has 2 fully saturated rings. The first-order valence-electron chi connectivity index (χ1n) is 10.3. The summed E-state index contributed by atoms with van der Waals surface area (Å²) in [7, 11) is 0. The summed E-state index contributed by atoms with van der Waals surface area (Å²) in [5.41, 5.74) is 2.34. The molecule has 0 radical (unpaired) electrons. The monoisotopic (exact) mass is 384 g/mol. The zero-order chi connectivity index (χ0) is 19.7. The van der Waals surface area contributed by atoms with E-state index in [1.807, 2.05) is 28.9 Å². The highest BCUT2D eigenvalue weighted by Crippen LogP contribution is 2.26. The molecule has 3 heterocycles. The van der Waals surface area contributed by atoms with Crippen molar-refractivity contribution in [3.63, 3.8) is 0 Å². The Bertz CT molecular complexity index is 775. The van der Waals surface area contributed by atoms with Gasteiger partial charge in [0.15, 0.2) is 0 Å². The van der Waals surface area contributed by atoms with Crippen LogP contribution in [-0.4, -0.2) is 64.4 Å². The summed E-state index contributed by atoms with van der Waals surface area (Å²) >= 11 is 0. The maximum atomic E-state index is 13.2. The molecule has 3 aliphatic heterocycles. The van der Waals surface area contributed by atoms with Gasteiger partial charge in [-0.3, -0.25) is 14.5 Å². The van der Waals surface area contributed by atoms with Gasteiger partial charge in [0.05, 0.1) is 12.7 Å². The molecule has 4 amide bonds. The van der Waals surface area contributed by atoms with Crippen LogP contribution in [0, 0.1) is 0 Å². The van der Waals surface area contributed by atoms with Crippen LogP contribution in [0.3, 0.4) is 0 Å². The Labute approximate surface area is 165 Å². The highest BCUT2D eigenvalue weighted by atomic mass is 16.2. The summed E-state index contributed by atoms with van der Waals surface area (Å²) in [4.78, 5) is 43.5. The molecule has 0 aliphatic carbocycles. The summed E-state index contributed by atoms with van der Waals surface area (Å²) in [5, 5.41) is 2.78. The Balaban J connectivity index is 1.56. The number of rotatable bonds is 5. The minimum absolute atomic E-state index is 0.115. The molecule has 3 aliphatic rings. The van der Waals surface area contributed by atoms with Gasteiger partial charge in [0.2, 0.25) is 5.91 Å². The van der Waals surface area contributed by atoms with Gasteiger partial charge in [0.25, 0.3) is 5.91 Å². The summed E-state index contributed by atoms with van der Waals surface area (Å²) in [5.74, 6) is -0.0674. The van der Waals surface area contributed by atoms with E-state index in [1.54, 1.807) is 0 Å². The van der Waals surface area contributed by atoms with Crippen molar-refractivity contribution in [2.75, 3.05) is 19.8 Å². The SMILES string of the molecule is CCC[C@@H]1NC(=O)N(CN2Cc3ccccc3C[C@@H]2C(=O)N2CCCC2)C1=O. The van der Waals surface area contributed by atoms with Crippen LogP contribution in [0.4, 0.5) is 4.79 Å². The summed E-state index contributed by atoms with van der Waals surface area (Å²) < 4.78 is 0. The van der Waals surface area contributed by atoms with Crippen molar-refractivity contribution >= 4 is 17.8 Å². The zero-order valence-electron chi connectivity index (χ0n) is 16.4. The van der Waals surface area contributed by atoms with Crippen LogP contribution in [0.25, 0.3) is 0 Å². The Morgan fingerprint density at radius 1 is 1.14 bits per heavy atom. The number of fused-ring (bicyclic) bond motifs is 1. The molecule has 1 aromatic rings. The second kappa shape index (κ2) is 7.91. The first-order chi connectivity index (χ1) is 13.6. The average Bonchev–Trinajstić information content (AvgIpc) is 3.32. The molecule has 28 heavy (non-hydrogen) atoms. The molecular weight excluding hydrogens is 356 g/mol. The number of urea groups is 1. The van der Waals surface area contributed by atoms with Crippen LogP contribution < -0.4 is 5.32 Å². The van der Waals surface area contributed by atoms with E-state index in [4.69, 9.17) is 0 Å². The minimum Gasteiger partial charge on any atom is -0.341 e. The number of imide groups is 1. The summed E-state index contributed by atoms with van der Waals surface area (Å²) in [6.45, 7) is 4.31. The van der Waals surface area contributed by atoms with Gasteiger partial charge >= 0.3 is 6.03 Å². The van der Waals surface area contributed by atoms with E-state index in [2.05, 4.69) is 17.4 Å². The Kier molecular flexibility index (Phi) is 5.35. The van der Waals surface area contributed by atoms with Crippen molar-refractivity contribution in [1.82, 2.24) is 20.0 Å². The van der Waals surface area contributed by atoms with Crippen molar-refractivity contribution in [2.24, 2.45) is 0 Å². The Hall–Kier alpha value is -2.41. The molecule has 0 aromatic heterocycles. The predicted molar refractivity (Wildman–Crippen MR) is 104 cm³/mol. The van der Waals surface area contributed by atoms with Crippen molar-refractivity contribution in [1.29, 1.82) is 0 Å². The van der Waals surface area contributed by atoms with E-state index in [0.29, 0.717) is 19.4 Å². The number of hydrogen-bond donors (Lipinski definition) is 1. The molecule has 0 bridgehead atoms. The fourth-order valence-corrected chi connectivity index (χ4v) is 4.49. The van der Waals surface area contributed by atoms with E-state index < -0.39 is 6.04 Å². The Morgan fingerprint density at radius 3 is 2.57 bits per heavy atom. The maximum Gasteiger partial charge on any atom is 0.325 e. The number of carbonyl (C=O) groups is 3. The highest BCUT2D eigenvalue weighted by Gasteiger charge is 2.42. The number of amides is 4. The van der Waals surface area contributed by atoms with Gasteiger partial charge in [-0.1, -0.05) is 37.6 Å². The second-order valence-electron chi connectivity index (χ2n) is 7.97. The lowest BCUT2D eigenvalue weighted by Crippen LogP contribution is -2.55. The third-order valence-corrected chi connectivity index (χ3v) is 6.06. The van der Waals surface area contributed by atoms with Crippen molar-refractivity contribution < 1.29 is 14.4 Å². The van der Waals surface area contributed by atoms with Crippen molar-refractivity contribution in [2.45, 2.75) is 57.7 Å². The van der Waals surface area contributed by atoms with E-state index in [0.717, 1.165) is 37.9 Å². The van der Waals surface area contributed by atoms with E-state index in [9.17, 15) is 14.4 Å². The predicted octanol–water partition coefficient (Wildman–Crippen LogP) is 1.71. The van der Waals surface area contributed by atoms with Crippen LogP contribution in [-0.2, 0) is 22.6 Å². The first kappa shape index (κ1) is 18.9. The van der Waals surface area contributed by atoms with Crippen LogP contribution in [0.15, 0.2) is 24.3 Å². The van der Waals surface area contributed by atoms with Crippen LogP contribution in [0.2, 0.25) is 0 Å². The van der Waals surface area contributed by atoms with E-state index >= 15 is 0 Å². The van der Waals surface area contributed by atoms with Gasteiger partial charge in [-0.25, -0.2) is 9.69 Å². The zero-order valence-corrected chi connectivity index (χ0v) is 16.4. The largest absolute Gasteiger partial charge is 0.341 e. The molecule has 0 saturated carbocycles. The van der Waals surface area contributed by atoms with Gasteiger partial charge in [0.1, 0.15) is 6.04 Å². The fourth-order valence-electron chi connectivity index (χ4n) is 4.49. The summed E-state index contributed by atoms with van der Waals surface area (Å²) in [6, 6.07) is 6.99. The number of nitrogens with one attached hydrogen (secondary N) is 1. The molecule has 7 nitrogen and oxygen atoms in total. The lowest BCUT2D eigenvalue weighted by Gasteiger charge is -2.39. The smallest absolute Gasteiger partial charge is 0.325 e. The van der Waals surface area contributed by atoms with Crippen molar-refractivity contribution in [3.8, 4) is 0 Å². The molecule has 0 spiro atoms. The first-order valence-corrected chi connectivity index (χ1v) is 10.3. The fraction of sp³-hybridized carbons (Fsp3) is 0.571. The average molecular weight is 384 g/mol. The van der Waals surface area contributed by atoms with Crippen LogP contribution in [0.1, 0.15) is 43.7 Å². The van der Waals surface area contributed by atoms with E-state index in [1.165, 1.54) is 10.5 Å². The molecule has 4 rings (SSSR count). The molecule has 2 atom stereocenters. The normalized spacial score (nSPS) is 25.2. The molecule has 1 N–H and O–H groups in total. The number of benzene rings is 1. The third-order valence-electron chi connectivity index (χ3n) is 6.06. The van der Waals surface area contributed by atoms with E-state index in [-0.39, 0.29) is 30.6 Å². The molecule has 7 heteroatoms. The molecule has 150 valence electrons. The molecule has 1 aromatic carbocycles. The quantitative estimate of drug-likeness (QED) is 0.785. The lowest BCUT2D eigenvalue weighted by molar-refractivity contribution is -0.139. The topological polar surface area (TPSA) is 73.0 Å². The van der Waals surface area contributed by atoms with Crippen molar-refractivity contribution in [3.05, 3.63) is 35.4 Å². The van der Waals surface area contributed by atoms with Gasteiger partial charge in [-0.2, -0.15) is 0 Å². The maximum absolute atomic E-state index is 13.2.